The average molecular weight is 364 g/mol. The van der Waals surface area contributed by atoms with Crippen LogP contribution in [-0.4, -0.2) is 22.4 Å². The molecule has 126 valence electrons. The van der Waals surface area contributed by atoms with Crippen molar-refractivity contribution in [1.82, 2.24) is 5.32 Å². The minimum atomic E-state index is -0.681. The molecule has 8 nitrogen and oxygen atoms in total. The lowest BCUT2D eigenvalue weighted by molar-refractivity contribution is 0.264. The Labute approximate surface area is 149 Å². The van der Waals surface area contributed by atoms with Gasteiger partial charge < -0.3 is 17.2 Å². The Hall–Kier alpha value is -2.72. The van der Waals surface area contributed by atoms with Gasteiger partial charge in [0.1, 0.15) is 0 Å². The van der Waals surface area contributed by atoms with E-state index in [0.29, 0.717) is 5.69 Å². The summed E-state index contributed by atoms with van der Waals surface area (Å²) in [6.45, 7) is 0. The van der Waals surface area contributed by atoms with E-state index in [4.69, 9.17) is 17.2 Å². The summed E-state index contributed by atoms with van der Waals surface area (Å²) in [5.74, 6) is -0.235. The van der Waals surface area contributed by atoms with Crippen LogP contribution in [-0.2, 0) is 0 Å². The number of aliphatic imine (C=N–C) groups is 2. The number of amides is 2. The number of hydrogen-bond donors (Lipinski definition) is 6. The molecule has 0 aliphatic rings. The summed E-state index contributed by atoms with van der Waals surface area (Å²) in [7, 11) is 0. The van der Waals surface area contributed by atoms with E-state index < -0.39 is 10.5 Å². The minimum absolute atomic E-state index is 0.0290. The zero-order valence-corrected chi connectivity index (χ0v) is 14.2. The quantitative estimate of drug-likeness (QED) is 0.259. The van der Waals surface area contributed by atoms with Crippen molar-refractivity contribution >= 4 is 64.1 Å². The first kappa shape index (κ1) is 19.3. The Balaban J connectivity index is 0.000000351. The summed E-state index contributed by atoms with van der Waals surface area (Å²) in [4.78, 5) is 27.6. The standard InChI is InChI=1S/C12H11N3OS.C2H5N3OS/c13-11(15-12(16)17)14-10-7-3-5-8-4-1-2-6-9(8)10;3-1(4)5-2(6)7/h1-7H,(H4,13,14,15,16,17);(H5,3,4,5,6,7). The average Bonchev–Trinajstić information content (AvgIpc) is 2.46. The summed E-state index contributed by atoms with van der Waals surface area (Å²) in [6.07, 6.45) is 0. The van der Waals surface area contributed by atoms with E-state index in [-0.39, 0.29) is 11.9 Å². The molecule has 0 saturated heterocycles. The lowest BCUT2D eigenvalue weighted by Gasteiger charge is -2.03. The van der Waals surface area contributed by atoms with Gasteiger partial charge in [-0.05, 0) is 11.5 Å². The van der Waals surface area contributed by atoms with Crippen molar-refractivity contribution in [2.24, 2.45) is 27.2 Å². The number of guanidine groups is 2. The highest BCUT2D eigenvalue weighted by Gasteiger charge is 2.01. The topological polar surface area (TPSA) is 149 Å². The molecule has 2 aromatic carbocycles. The lowest BCUT2D eigenvalue weighted by atomic mass is 10.1. The van der Waals surface area contributed by atoms with Crippen LogP contribution in [0.25, 0.3) is 10.8 Å². The third kappa shape index (κ3) is 7.03. The van der Waals surface area contributed by atoms with Crippen molar-refractivity contribution in [2.45, 2.75) is 0 Å². The van der Waals surface area contributed by atoms with Crippen molar-refractivity contribution in [3.63, 3.8) is 0 Å². The van der Waals surface area contributed by atoms with Gasteiger partial charge in [-0.2, -0.15) is 4.99 Å². The number of benzene rings is 2. The monoisotopic (exact) mass is 364 g/mol. The van der Waals surface area contributed by atoms with Crippen molar-refractivity contribution in [2.75, 3.05) is 0 Å². The zero-order valence-electron chi connectivity index (χ0n) is 12.4. The maximum atomic E-state index is 10.7. The van der Waals surface area contributed by atoms with Crippen molar-refractivity contribution in [1.29, 1.82) is 0 Å². The molecule has 0 aliphatic carbocycles. The Kier molecular flexibility index (Phi) is 7.59. The van der Waals surface area contributed by atoms with Crippen LogP contribution in [0.15, 0.2) is 52.4 Å². The van der Waals surface area contributed by atoms with Crippen LogP contribution in [0.2, 0.25) is 0 Å². The Bertz CT molecular complexity index is 797. The van der Waals surface area contributed by atoms with Gasteiger partial charge in [0.2, 0.25) is 5.96 Å². The third-order valence-corrected chi connectivity index (χ3v) is 2.68. The molecule has 0 aromatic heterocycles. The Morgan fingerprint density at radius 1 is 0.958 bits per heavy atom. The predicted octanol–water partition coefficient (Wildman–Crippen LogP) is 1.74. The van der Waals surface area contributed by atoms with E-state index in [2.05, 4.69) is 40.6 Å². The van der Waals surface area contributed by atoms with E-state index in [1.165, 1.54) is 0 Å². The number of carbonyl (C=O) groups is 2. The largest absolute Gasteiger partial charge is 0.370 e. The second-order valence-corrected chi connectivity index (χ2v) is 5.03. The number of nitrogens with zero attached hydrogens (tertiary/aromatic N) is 2. The van der Waals surface area contributed by atoms with Gasteiger partial charge in [-0.15, -0.1) is 0 Å². The van der Waals surface area contributed by atoms with E-state index >= 15 is 0 Å². The molecule has 2 aromatic rings. The normalized spacial score (nSPS) is 10.3. The van der Waals surface area contributed by atoms with E-state index in [1.54, 1.807) is 0 Å². The molecule has 0 fully saturated rings. The third-order valence-electron chi connectivity index (χ3n) is 2.47. The highest BCUT2D eigenvalue weighted by Crippen LogP contribution is 2.25. The maximum Gasteiger partial charge on any atom is 0.304 e. The molecule has 0 spiro atoms. The second-order valence-electron chi connectivity index (χ2n) is 4.24. The van der Waals surface area contributed by atoms with Crippen LogP contribution >= 0.6 is 25.3 Å². The van der Waals surface area contributed by atoms with Crippen LogP contribution in [0.1, 0.15) is 0 Å². The van der Waals surface area contributed by atoms with Crippen LogP contribution < -0.4 is 22.5 Å². The van der Waals surface area contributed by atoms with E-state index in [0.717, 1.165) is 10.8 Å². The number of rotatable bonds is 1. The number of thiol groups is 2. The fourth-order valence-electron chi connectivity index (χ4n) is 1.68. The van der Waals surface area contributed by atoms with Crippen molar-refractivity contribution < 1.29 is 9.59 Å². The fraction of sp³-hybridized carbons (Fsp3) is 0. The molecule has 10 heteroatoms. The van der Waals surface area contributed by atoms with Gasteiger partial charge in [-0.1, -0.05) is 61.7 Å². The lowest BCUT2D eigenvalue weighted by Crippen LogP contribution is -2.32. The van der Waals surface area contributed by atoms with Crippen LogP contribution in [0.3, 0.4) is 0 Å². The molecule has 0 bridgehead atoms. The zero-order chi connectivity index (χ0) is 18.1. The first-order valence-corrected chi connectivity index (χ1v) is 7.33. The van der Waals surface area contributed by atoms with E-state index in [9.17, 15) is 9.59 Å². The van der Waals surface area contributed by atoms with Crippen molar-refractivity contribution in [3.05, 3.63) is 42.5 Å². The molecule has 2 rings (SSSR count). The molecular weight excluding hydrogens is 348 g/mol. The fourth-order valence-corrected chi connectivity index (χ4v) is 1.91. The Morgan fingerprint density at radius 3 is 2.12 bits per heavy atom. The van der Waals surface area contributed by atoms with Gasteiger partial charge >= 0.3 is 5.24 Å². The second kappa shape index (κ2) is 9.43. The molecule has 0 unspecified atom stereocenters. The molecule has 0 radical (unpaired) electrons. The highest BCUT2D eigenvalue weighted by molar-refractivity contribution is 7.96. The summed E-state index contributed by atoms with van der Waals surface area (Å²) in [5.41, 5.74) is 15.8. The summed E-state index contributed by atoms with van der Waals surface area (Å²) in [6, 6.07) is 13.5. The van der Waals surface area contributed by atoms with Gasteiger partial charge in [0, 0.05) is 5.39 Å². The summed E-state index contributed by atoms with van der Waals surface area (Å²) in [5, 5.41) is 3.14. The highest BCUT2D eigenvalue weighted by atomic mass is 32.1. The number of carbonyl (C=O) groups excluding carboxylic acids is 2. The molecule has 0 atom stereocenters. The van der Waals surface area contributed by atoms with E-state index in [1.807, 2.05) is 42.5 Å². The van der Waals surface area contributed by atoms with Gasteiger partial charge in [0.05, 0.1) is 5.69 Å². The summed E-state index contributed by atoms with van der Waals surface area (Å²) >= 11 is 6.82. The first-order chi connectivity index (χ1) is 11.3. The smallest absolute Gasteiger partial charge is 0.304 e. The SMILES string of the molecule is NC(=Nc1cccc2ccccc12)NC(=O)S.NC(N)=NC(=O)S. The first-order valence-electron chi connectivity index (χ1n) is 6.44. The van der Waals surface area contributed by atoms with Gasteiger partial charge in [0.15, 0.2) is 5.96 Å². The molecule has 7 N–H and O–H groups in total. The minimum Gasteiger partial charge on any atom is -0.370 e. The van der Waals surface area contributed by atoms with Crippen LogP contribution in [0, 0.1) is 0 Å². The molecule has 2 amide bonds. The van der Waals surface area contributed by atoms with Gasteiger partial charge in [0.25, 0.3) is 5.24 Å². The Morgan fingerprint density at radius 2 is 1.58 bits per heavy atom. The number of hydrogen-bond acceptors (Lipinski definition) is 3. The number of nitrogens with one attached hydrogen (secondary N) is 1. The molecule has 0 saturated carbocycles. The molecule has 0 heterocycles. The number of fused-ring (bicyclic) bond motifs is 1. The van der Waals surface area contributed by atoms with Crippen LogP contribution in [0.5, 0.6) is 0 Å². The molecular formula is C14H16N6O2S2. The maximum absolute atomic E-state index is 10.7. The molecule has 0 aliphatic heterocycles. The molecule has 24 heavy (non-hydrogen) atoms. The van der Waals surface area contributed by atoms with Crippen molar-refractivity contribution in [3.8, 4) is 0 Å². The van der Waals surface area contributed by atoms with Gasteiger partial charge in [-0.3, -0.25) is 14.9 Å². The van der Waals surface area contributed by atoms with Crippen LogP contribution in [0.4, 0.5) is 15.3 Å². The number of nitrogens with two attached hydrogens (primary N) is 3. The van der Waals surface area contributed by atoms with Gasteiger partial charge in [-0.25, -0.2) is 4.99 Å². The predicted molar refractivity (Wildman–Crippen MR) is 103 cm³/mol. The summed E-state index contributed by atoms with van der Waals surface area (Å²) < 4.78 is 0.